The van der Waals surface area contributed by atoms with Gasteiger partial charge in [0.05, 0.1) is 24.6 Å². The number of ether oxygens (including phenoxy) is 1. The lowest BCUT2D eigenvalue weighted by Crippen LogP contribution is -2.52. The van der Waals surface area contributed by atoms with Crippen LogP contribution in [0.2, 0.25) is 0 Å². The first-order valence-corrected chi connectivity index (χ1v) is 13.3. The summed E-state index contributed by atoms with van der Waals surface area (Å²) in [4.78, 5) is 36.3. The number of carbonyl (C=O) groups is 2. The molecule has 15 heteroatoms. The van der Waals surface area contributed by atoms with Crippen LogP contribution in [-0.4, -0.2) is 110 Å². The number of nitrogens with zero attached hydrogens (tertiary/aromatic N) is 2. The number of fused-ring (bicyclic) bond motifs is 1. The van der Waals surface area contributed by atoms with E-state index in [-0.39, 0.29) is 34.2 Å². The quantitative estimate of drug-likeness (QED) is 0.177. The molecule has 2 heterocycles. The lowest BCUT2D eigenvalue weighted by Gasteiger charge is -2.44. The second-order valence-corrected chi connectivity index (χ2v) is 11.3. The van der Waals surface area contributed by atoms with E-state index >= 15 is 4.39 Å². The summed E-state index contributed by atoms with van der Waals surface area (Å²) in [6, 6.07) is 1.24. The number of anilines is 1. The molecule has 0 spiro atoms. The Balaban J connectivity index is 0.000000316. The Morgan fingerprint density at radius 2 is 1.76 bits per heavy atom. The largest absolute Gasteiger partial charge is 0.492 e. The van der Waals surface area contributed by atoms with Gasteiger partial charge in [-0.05, 0) is 30.7 Å². The van der Waals surface area contributed by atoms with E-state index in [1.165, 1.54) is 13.3 Å². The first-order chi connectivity index (χ1) is 19.6. The minimum Gasteiger partial charge on any atom is -0.492 e. The van der Waals surface area contributed by atoms with Gasteiger partial charge in [-0.3, -0.25) is 4.79 Å². The number of aliphatic carboxylic acids is 1. The van der Waals surface area contributed by atoms with Crippen molar-refractivity contribution in [2.75, 3.05) is 31.7 Å². The van der Waals surface area contributed by atoms with Gasteiger partial charge in [-0.1, -0.05) is 13.8 Å². The number of rotatable bonds is 9. The third-order valence-electron chi connectivity index (χ3n) is 7.71. The Morgan fingerprint density at radius 1 is 1.14 bits per heavy atom. The number of aromatic carboxylic acids is 1. The van der Waals surface area contributed by atoms with Gasteiger partial charge in [-0.15, -0.1) is 0 Å². The fourth-order valence-electron chi connectivity index (χ4n) is 4.96. The maximum atomic E-state index is 15.3. The van der Waals surface area contributed by atoms with Gasteiger partial charge in [0, 0.05) is 31.4 Å². The number of methoxy groups -OCH3 is 1. The molecule has 0 bridgehead atoms. The molecule has 0 radical (unpaired) electrons. The molecular weight excluding hydrogens is 561 g/mol. The van der Waals surface area contributed by atoms with E-state index in [1.54, 1.807) is 4.57 Å². The van der Waals surface area contributed by atoms with Crippen LogP contribution in [0.4, 0.5) is 10.1 Å². The van der Waals surface area contributed by atoms with Gasteiger partial charge < -0.3 is 55.7 Å². The number of carboxylic acids is 2. The summed E-state index contributed by atoms with van der Waals surface area (Å²) in [6.07, 6.45) is -4.01. The number of nitrogens with two attached hydrogens (primary N) is 1. The van der Waals surface area contributed by atoms with Crippen molar-refractivity contribution in [3.63, 3.8) is 0 Å². The molecule has 1 aliphatic carbocycles. The second kappa shape index (κ2) is 12.9. The molecule has 234 valence electrons. The minimum absolute atomic E-state index is 0.0102. The third kappa shape index (κ3) is 6.66. The van der Waals surface area contributed by atoms with Gasteiger partial charge in [-0.2, -0.15) is 0 Å². The number of hydrogen-bond donors (Lipinski definition) is 8. The van der Waals surface area contributed by atoms with E-state index in [2.05, 4.69) is 13.8 Å². The average Bonchev–Trinajstić information content (AvgIpc) is 3.78. The van der Waals surface area contributed by atoms with Gasteiger partial charge in [0.1, 0.15) is 29.6 Å². The zero-order chi connectivity index (χ0) is 31.7. The van der Waals surface area contributed by atoms with Crippen LogP contribution in [-0.2, 0) is 4.79 Å². The number of halogens is 1. The van der Waals surface area contributed by atoms with E-state index in [9.17, 15) is 19.5 Å². The monoisotopic (exact) mass is 599 g/mol. The molecule has 2 aliphatic rings. The number of hydrogen-bond acceptors (Lipinski definition) is 11. The second-order valence-electron chi connectivity index (χ2n) is 11.3. The van der Waals surface area contributed by atoms with Crippen molar-refractivity contribution in [2.24, 2.45) is 11.1 Å². The summed E-state index contributed by atoms with van der Waals surface area (Å²) in [5, 5.41) is 61.3. The van der Waals surface area contributed by atoms with Crippen molar-refractivity contribution < 1.29 is 54.5 Å². The van der Waals surface area contributed by atoms with Crippen molar-refractivity contribution in [1.29, 1.82) is 0 Å². The molecule has 1 aromatic heterocycles. The summed E-state index contributed by atoms with van der Waals surface area (Å²) in [7, 11) is 1.45. The number of pyridine rings is 1. The lowest BCUT2D eigenvalue weighted by molar-refractivity contribution is -0.164. The standard InChI is InChI=1S/C21H26FN3O4.C6H12O7/c1-21(2)10-24(7-6-15(21)23)17-14(22)8-12-16(19(17)29-3)25(11-4-5-11)9-13(18(12)26)20(27)28;7-1-2(8)3(9)4(10)5(11)6(12)13/h8-9,11,15H,4-7,10,23H2,1-3H3,(H,27,28);2-5,7-11H,1H2,(H,12,13)/t;2-,3-,4+,5-/m.1/s1. The minimum atomic E-state index is -2.20. The first kappa shape index (κ1) is 33.2. The maximum absolute atomic E-state index is 15.3. The molecular formula is C27H38FN3O11. The van der Waals surface area contributed by atoms with Gasteiger partial charge >= 0.3 is 11.9 Å². The van der Waals surface area contributed by atoms with Crippen molar-refractivity contribution >= 4 is 28.5 Å². The van der Waals surface area contributed by atoms with Gasteiger partial charge in [-0.25, -0.2) is 14.0 Å². The van der Waals surface area contributed by atoms with Crippen molar-refractivity contribution in [2.45, 2.75) is 69.6 Å². The summed E-state index contributed by atoms with van der Waals surface area (Å²) in [6.45, 7) is 4.38. The number of benzene rings is 1. The number of aromatic nitrogens is 1. The van der Waals surface area contributed by atoms with E-state index < -0.39 is 54.2 Å². The fraction of sp³-hybridized carbons (Fsp3) is 0.593. The highest BCUT2D eigenvalue weighted by molar-refractivity contribution is 5.97. The van der Waals surface area contributed by atoms with Gasteiger partial charge in [0.25, 0.3) is 0 Å². The SMILES string of the molecule is COc1c(N2CCC(N)C(C)(C)C2)c(F)cc2c(=O)c(C(=O)O)cn(C3CC3)c12.O=C(O)[C@H](O)[C@@H](O)[C@H](O)[C@H](O)CO. The molecule has 1 aromatic carbocycles. The average molecular weight is 600 g/mol. The van der Waals surface area contributed by atoms with E-state index in [0.29, 0.717) is 30.7 Å². The topological polar surface area (TPSA) is 236 Å². The summed E-state index contributed by atoms with van der Waals surface area (Å²) < 4.78 is 22.7. The first-order valence-electron chi connectivity index (χ1n) is 13.3. The number of aliphatic hydroxyl groups is 5. The molecule has 5 atom stereocenters. The van der Waals surface area contributed by atoms with Crippen LogP contribution in [0.25, 0.3) is 10.9 Å². The molecule has 42 heavy (non-hydrogen) atoms. The van der Waals surface area contributed by atoms with Gasteiger partial charge in [0.15, 0.2) is 17.7 Å². The summed E-state index contributed by atoms with van der Waals surface area (Å²) in [5.41, 5.74) is 5.72. The maximum Gasteiger partial charge on any atom is 0.341 e. The van der Waals surface area contributed by atoms with Crippen LogP contribution in [0.1, 0.15) is 49.5 Å². The fourth-order valence-corrected chi connectivity index (χ4v) is 4.96. The third-order valence-corrected chi connectivity index (χ3v) is 7.71. The molecule has 1 aliphatic heterocycles. The molecule has 1 saturated carbocycles. The van der Waals surface area contributed by atoms with E-state index in [4.69, 9.17) is 41.1 Å². The van der Waals surface area contributed by atoms with Gasteiger partial charge in [0.2, 0.25) is 5.43 Å². The smallest absolute Gasteiger partial charge is 0.341 e. The Labute approximate surface area is 240 Å². The molecule has 1 unspecified atom stereocenters. The molecule has 9 N–H and O–H groups in total. The van der Waals surface area contributed by atoms with Crippen LogP contribution in [0.3, 0.4) is 0 Å². The number of carboxylic acid groups (broad SMARTS) is 2. The molecule has 4 rings (SSSR count). The van der Waals surface area contributed by atoms with Crippen LogP contribution >= 0.6 is 0 Å². The molecule has 14 nitrogen and oxygen atoms in total. The lowest BCUT2D eigenvalue weighted by atomic mass is 9.79. The highest BCUT2D eigenvalue weighted by atomic mass is 19.1. The van der Waals surface area contributed by atoms with Crippen LogP contribution in [0, 0.1) is 11.2 Å². The van der Waals surface area contributed by atoms with Crippen LogP contribution < -0.4 is 20.8 Å². The summed E-state index contributed by atoms with van der Waals surface area (Å²) >= 11 is 0. The highest BCUT2D eigenvalue weighted by Gasteiger charge is 2.37. The molecule has 2 fully saturated rings. The van der Waals surface area contributed by atoms with Crippen LogP contribution in [0.15, 0.2) is 17.1 Å². The predicted molar refractivity (Wildman–Crippen MR) is 147 cm³/mol. The number of piperidine rings is 1. The molecule has 1 saturated heterocycles. The Bertz CT molecular complexity index is 1380. The number of aliphatic hydroxyl groups excluding tert-OH is 5. The zero-order valence-electron chi connectivity index (χ0n) is 23.5. The van der Waals surface area contributed by atoms with Crippen molar-refractivity contribution in [3.8, 4) is 5.75 Å². The van der Waals surface area contributed by atoms with Crippen molar-refractivity contribution in [3.05, 3.63) is 33.9 Å². The Kier molecular flexibility index (Phi) is 10.2. The Hall–Kier alpha value is -3.34. The Morgan fingerprint density at radius 3 is 2.24 bits per heavy atom. The van der Waals surface area contributed by atoms with Crippen LogP contribution in [0.5, 0.6) is 5.75 Å². The summed E-state index contributed by atoms with van der Waals surface area (Å²) in [5.74, 6) is -3.37. The molecule has 2 aromatic rings. The van der Waals surface area contributed by atoms with E-state index in [1.807, 2.05) is 4.90 Å². The van der Waals surface area contributed by atoms with E-state index in [0.717, 1.165) is 18.9 Å². The van der Waals surface area contributed by atoms with Crippen molar-refractivity contribution in [1.82, 2.24) is 4.57 Å². The normalized spacial score (nSPS) is 21.1. The zero-order valence-corrected chi connectivity index (χ0v) is 23.5. The highest BCUT2D eigenvalue weighted by Crippen LogP contribution is 2.45. The molecule has 0 amide bonds. The predicted octanol–water partition coefficient (Wildman–Crippen LogP) is -0.747.